The minimum Gasteiger partial charge on any atom is -0.495 e. The molecule has 29 heavy (non-hydrogen) atoms. The van der Waals surface area contributed by atoms with Gasteiger partial charge in [-0.05, 0) is 49.2 Å². The lowest BCUT2D eigenvalue weighted by molar-refractivity contribution is -0.115. The quantitative estimate of drug-likeness (QED) is 0.485. The minimum atomic E-state index is -0.296. The number of nitrogens with one attached hydrogen (secondary N) is 1. The Hall–Kier alpha value is -2.44. The van der Waals surface area contributed by atoms with E-state index in [1.54, 1.807) is 32.4 Å². The van der Waals surface area contributed by atoms with Crippen LogP contribution in [0.25, 0.3) is 10.9 Å². The largest absolute Gasteiger partial charge is 0.495 e. The number of rotatable bonds is 7. The molecule has 0 aliphatic carbocycles. The zero-order valence-corrected chi connectivity index (χ0v) is 18.4. The molecule has 0 fully saturated rings. The molecule has 1 N–H and O–H groups in total. The molecular formula is C22H23ClN2O3S. The number of ether oxygens (including phenoxy) is 2. The third-order valence-corrected chi connectivity index (χ3v) is 6.13. The average molecular weight is 431 g/mol. The molecule has 1 heterocycles. The van der Waals surface area contributed by atoms with Gasteiger partial charge in [-0.15, -0.1) is 0 Å². The first-order chi connectivity index (χ1) is 14.0. The number of amides is 1. The van der Waals surface area contributed by atoms with E-state index in [1.807, 2.05) is 38.1 Å². The van der Waals surface area contributed by atoms with E-state index in [-0.39, 0.29) is 11.2 Å². The summed E-state index contributed by atoms with van der Waals surface area (Å²) in [5.74, 6) is 1.19. The number of fused-ring (bicyclic) bond motifs is 1. The molecule has 1 unspecified atom stereocenters. The maximum absolute atomic E-state index is 12.8. The number of aryl methyl sites for hydroxylation is 1. The first-order valence-electron chi connectivity index (χ1n) is 9.22. The number of anilines is 1. The summed E-state index contributed by atoms with van der Waals surface area (Å²) < 4.78 is 10.6. The highest BCUT2D eigenvalue weighted by Crippen LogP contribution is 2.33. The summed E-state index contributed by atoms with van der Waals surface area (Å²) in [5, 5.41) is 4.91. The van der Waals surface area contributed by atoms with Crippen LogP contribution in [0, 0.1) is 6.92 Å². The Balaban J connectivity index is 1.82. The zero-order valence-electron chi connectivity index (χ0n) is 16.8. The van der Waals surface area contributed by atoms with Crippen molar-refractivity contribution in [2.75, 3.05) is 19.5 Å². The minimum absolute atomic E-state index is 0.0988. The number of para-hydroxylation sites is 1. The Morgan fingerprint density at radius 2 is 1.93 bits per heavy atom. The van der Waals surface area contributed by atoms with Crippen molar-refractivity contribution in [3.8, 4) is 11.5 Å². The van der Waals surface area contributed by atoms with Crippen molar-refractivity contribution in [1.29, 1.82) is 0 Å². The van der Waals surface area contributed by atoms with Gasteiger partial charge in [0.2, 0.25) is 5.91 Å². The van der Waals surface area contributed by atoms with Gasteiger partial charge in [0.25, 0.3) is 0 Å². The highest BCUT2D eigenvalue weighted by molar-refractivity contribution is 8.00. The number of nitrogens with zero attached hydrogens (tertiary/aromatic N) is 1. The van der Waals surface area contributed by atoms with Crippen molar-refractivity contribution in [3.05, 3.63) is 53.1 Å². The number of carbonyl (C=O) groups is 1. The van der Waals surface area contributed by atoms with E-state index in [9.17, 15) is 4.79 Å². The number of thioether (sulfide) groups is 1. The molecule has 3 aromatic rings. The van der Waals surface area contributed by atoms with Crippen molar-refractivity contribution in [2.45, 2.75) is 30.5 Å². The van der Waals surface area contributed by atoms with Crippen LogP contribution >= 0.6 is 23.4 Å². The molecule has 0 aliphatic heterocycles. The number of benzene rings is 2. The number of aromatic nitrogens is 1. The van der Waals surface area contributed by atoms with E-state index in [2.05, 4.69) is 5.32 Å². The van der Waals surface area contributed by atoms with Crippen molar-refractivity contribution in [3.63, 3.8) is 0 Å². The summed E-state index contributed by atoms with van der Waals surface area (Å²) >= 11 is 7.59. The Morgan fingerprint density at radius 3 is 2.59 bits per heavy atom. The van der Waals surface area contributed by atoms with Crippen LogP contribution in [0.2, 0.25) is 5.02 Å². The SMILES string of the molecule is CCC(Sc1cc(C)c2cccc(OC)c2n1)C(=O)Nc1ccc(OC)c(Cl)c1. The van der Waals surface area contributed by atoms with E-state index in [4.69, 9.17) is 26.1 Å². The monoisotopic (exact) mass is 430 g/mol. The second kappa shape index (κ2) is 9.37. The summed E-state index contributed by atoms with van der Waals surface area (Å²) in [6.45, 7) is 4.01. The summed E-state index contributed by atoms with van der Waals surface area (Å²) in [5.41, 5.74) is 2.52. The van der Waals surface area contributed by atoms with Gasteiger partial charge in [-0.2, -0.15) is 0 Å². The standard InChI is InChI=1S/C22H23ClN2O3S/c1-5-19(22(26)24-14-9-10-17(27-3)16(23)12-14)29-20-11-13(2)15-7-6-8-18(28-4)21(15)25-20/h6-12,19H,5H2,1-4H3,(H,24,26). The van der Waals surface area contributed by atoms with Crippen molar-refractivity contribution < 1.29 is 14.3 Å². The first-order valence-corrected chi connectivity index (χ1v) is 10.5. The molecule has 5 nitrogen and oxygen atoms in total. The molecule has 7 heteroatoms. The summed E-state index contributed by atoms with van der Waals surface area (Å²) in [7, 11) is 3.19. The Kier molecular flexibility index (Phi) is 6.87. The molecule has 0 radical (unpaired) electrons. The third-order valence-electron chi connectivity index (χ3n) is 4.55. The van der Waals surface area contributed by atoms with Crippen molar-refractivity contribution >= 4 is 45.9 Å². The van der Waals surface area contributed by atoms with Crippen LogP contribution in [-0.4, -0.2) is 30.4 Å². The second-order valence-corrected chi connectivity index (χ2v) is 8.12. The number of carbonyl (C=O) groups excluding carboxylic acids is 1. The molecule has 152 valence electrons. The lowest BCUT2D eigenvalue weighted by Crippen LogP contribution is -2.24. The summed E-state index contributed by atoms with van der Waals surface area (Å²) in [6, 6.07) is 13.0. The Morgan fingerprint density at radius 1 is 1.17 bits per heavy atom. The third kappa shape index (κ3) is 4.77. The average Bonchev–Trinajstić information content (AvgIpc) is 2.71. The molecule has 0 spiro atoms. The van der Waals surface area contributed by atoms with E-state index < -0.39 is 0 Å². The highest BCUT2D eigenvalue weighted by Gasteiger charge is 2.20. The van der Waals surface area contributed by atoms with Crippen LogP contribution in [0.1, 0.15) is 18.9 Å². The van der Waals surface area contributed by atoms with Gasteiger partial charge in [-0.3, -0.25) is 4.79 Å². The summed E-state index contributed by atoms with van der Waals surface area (Å²) in [6.07, 6.45) is 0.658. The zero-order chi connectivity index (χ0) is 21.0. The lowest BCUT2D eigenvalue weighted by atomic mass is 10.1. The predicted molar refractivity (Wildman–Crippen MR) is 120 cm³/mol. The normalized spacial score (nSPS) is 11.9. The second-order valence-electron chi connectivity index (χ2n) is 6.49. The van der Waals surface area contributed by atoms with Gasteiger partial charge in [-0.1, -0.05) is 42.4 Å². The van der Waals surface area contributed by atoms with Crippen LogP contribution in [0.15, 0.2) is 47.5 Å². The number of methoxy groups -OCH3 is 2. The van der Waals surface area contributed by atoms with E-state index in [0.717, 1.165) is 27.2 Å². The fraction of sp³-hybridized carbons (Fsp3) is 0.273. The van der Waals surface area contributed by atoms with Gasteiger partial charge in [0.05, 0.1) is 29.5 Å². The lowest BCUT2D eigenvalue weighted by Gasteiger charge is -2.16. The molecule has 3 rings (SSSR count). The van der Waals surface area contributed by atoms with Crippen LogP contribution in [0.5, 0.6) is 11.5 Å². The molecular weight excluding hydrogens is 408 g/mol. The van der Waals surface area contributed by atoms with Gasteiger partial charge < -0.3 is 14.8 Å². The first kappa shape index (κ1) is 21.3. The molecule has 1 amide bonds. The van der Waals surface area contributed by atoms with Crippen LogP contribution in [0.3, 0.4) is 0 Å². The smallest absolute Gasteiger partial charge is 0.237 e. The highest BCUT2D eigenvalue weighted by atomic mass is 35.5. The molecule has 1 aromatic heterocycles. The number of hydrogen-bond donors (Lipinski definition) is 1. The number of pyridine rings is 1. The topological polar surface area (TPSA) is 60.5 Å². The summed E-state index contributed by atoms with van der Waals surface area (Å²) in [4.78, 5) is 17.6. The van der Waals surface area contributed by atoms with Gasteiger partial charge in [-0.25, -0.2) is 4.98 Å². The molecule has 0 saturated heterocycles. The van der Waals surface area contributed by atoms with Crippen LogP contribution < -0.4 is 14.8 Å². The Labute approximate surface area is 179 Å². The maximum Gasteiger partial charge on any atom is 0.237 e. The molecule has 0 saturated carbocycles. The fourth-order valence-corrected chi connectivity index (χ4v) is 4.29. The van der Waals surface area contributed by atoms with Crippen molar-refractivity contribution in [1.82, 2.24) is 4.98 Å². The van der Waals surface area contributed by atoms with Crippen LogP contribution in [0.4, 0.5) is 5.69 Å². The van der Waals surface area contributed by atoms with Crippen LogP contribution in [-0.2, 0) is 4.79 Å². The van der Waals surface area contributed by atoms with Gasteiger partial charge in [0.15, 0.2) is 0 Å². The maximum atomic E-state index is 12.8. The molecule has 0 bridgehead atoms. The molecule has 2 aromatic carbocycles. The molecule has 0 aliphatic rings. The van der Waals surface area contributed by atoms with Gasteiger partial charge in [0.1, 0.15) is 17.0 Å². The Bertz CT molecular complexity index is 1040. The molecule has 1 atom stereocenters. The van der Waals surface area contributed by atoms with E-state index >= 15 is 0 Å². The number of hydrogen-bond acceptors (Lipinski definition) is 5. The van der Waals surface area contributed by atoms with E-state index in [0.29, 0.717) is 22.9 Å². The van der Waals surface area contributed by atoms with Gasteiger partial charge in [0, 0.05) is 11.1 Å². The van der Waals surface area contributed by atoms with Gasteiger partial charge >= 0.3 is 0 Å². The fourth-order valence-electron chi connectivity index (χ4n) is 3.02. The number of halogens is 1. The predicted octanol–water partition coefficient (Wildman–Crippen LogP) is 5.72. The van der Waals surface area contributed by atoms with Crippen molar-refractivity contribution in [2.24, 2.45) is 0 Å². The van der Waals surface area contributed by atoms with E-state index in [1.165, 1.54) is 11.8 Å².